The number of ether oxygens (including phenoxy) is 6. The van der Waals surface area contributed by atoms with Gasteiger partial charge in [-0.15, -0.1) is 11.8 Å². The number of likely N-dealkylation sites (N-methyl/N-ethyl adjacent to an activating group) is 1. The van der Waals surface area contributed by atoms with E-state index < -0.39 is 35.4 Å². The Balaban J connectivity index is 1.51. The second-order valence-electron chi connectivity index (χ2n) is 12.6. The first kappa shape index (κ1) is 31.7. The van der Waals surface area contributed by atoms with Crippen molar-refractivity contribution in [3.63, 3.8) is 0 Å². The summed E-state index contributed by atoms with van der Waals surface area (Å²) in [6.07, 6.45) is 0.566. The van der Waals surface area contributed by atoms with Gasteiger partial charge in [-0.1, -0.05) is 6.07 Å². The number of aromatic hydroxyl groups is 1. The number of rotatable bonds is 5. The SMILES string of the molecule is COCOc1c(OC)c(C)cc2c1[C@H]1C3[C@@H]4SC[C@H](NC(C)=O)C(=O)OC[C@@H](c5c6c(c(C)c(O)c54)OCO6)N3[C@@H](C#N)[C@H](C2)N1C. The molecule has 2 fully saturated rings. The molecule has 0 aromatic heterocycles. The highest BCUT2D eigenvalue weighted by atomic mass is 32.2. The number of nitrogens with one attached hydrogen (secondary N) is 1. The molecule has 4 bridgehead atoms. The van der Waals surface area contributed by atoms with Gasteiger partial charge in [-0.05, 0) is 38.4 Å². The highest BCUT2D eigenvalue weighted by Gasteiger charge is 2.60. The number of methoxy groups -OCH3 is 2. The molecule has 0 spiro atoms. The number of hydrogen-bond acceptors (Lipinski definition) is 13. The molecule has 2 aromatic rings. The zero-order valence-electron chi connectivity index (χ0n) is 27.1. The average Bonchev–Trinajstić information content (AvgIpc) is 3.53. The van der Waals surface area contributed by atoms with Gasteiger partial charge in [-0.3, -0.25) is 14.6 Å². The second-order valence-corrected chi connectivity index (χ2v) is 13.8. The number of fused-ring (bicyclic) bond motifs is 9. The number of nitriles is 1. The number of thioether (sulfide) groups is 1. The van der Waals surface area contributed by atoms with Crippen LogP contribution in [0.15, 0.2) is 6.07 Å². The van der Waals surface area contributed by atoms with Crippen molar-refractivity contribution in [1.82, 2.24) is 15.1 Å². The molecule has 5 aliphatic heterocycles. The Labute approximate surface area is 277 Å². The molecular formula is C33H38N4O9S. The number of carbonyl (C=O) groups is 2. The molecule has 13 nitrogen and oxygen atoms in total. The Morgan fingerprint density at radius 2 is 1.94 bits per heavy atom. The molecular weight excluding hydrogens is 628 g/mol. The third-order valence-electron chi connectivity index (χ3n) is 10.1. The quantitative estimate of drug-likeness (QED) is 0.356. The minimum Gasteiger partial charge on any atom is -0.507 e. The molecule has 0 saturated carbocycles. The molecule has 2 N–H and O–H groups in total. The zero-order chi connectivity index (χ0) is 33.3. The first-order valence-electron chi connectivity index (χ1n) is 15.5. The monoisotopic (exact) mass is 666 g/mol. The van der Waals surface area contributed by atoms with Gasteiger partial charge in [0.25, 0.3) is 0 Å². The van der Waals surface area contributed by atoms with Gasteiger partial charge in [-0.2, -0.15) is 5.26 Å². The topological polar surface area (TPSA) is 152 Å². The molecule has 1 amide bonds. The lowest BCUT2D eigenvalue weighted by molar-refractivity contribution is -0.152. The van der Waals surface area contributed by atoms with Crippen molar-refractivity contribution >= 4 is 23.6 Å². The van der Waals surface area contributed by atoms with Crippen molar-refractivity contribution in [2.24, 2.45) is 0 Å². The number of aryl methyl sites for hydroxylation is 1. The maximum atomic E-state index is 13.4. The van der Waals surface area contributed by atoms with Crippen molar-refractivity contribution in [1.29, 1.82) is 5.26 Å². The van der Waals surface area contributed by atoms with Crippen molar-refractivity contribution in [3.05, 3.63) is 39.4 Å². The number of esters is 1. The predicted octanol–water partition coefficient (Wildman–Crippen LogP) is 2.79. The van der Waals surface area contributed by atoms with Crippen LogP contribution in [-0.2, 0) is 25.5 Å². The standard InChI is InChI=1S/C33H38N4O9S/c1-14-7-17-8-19-20(9-34)37-21-10-43-33(40)18(35-16(3)38)11-47-32(24-23(21)31-29(45-13-46-31)15(2)27(24)39)26(37)25(36(19)4)22(17)30(28(14)42-6)44-12-41-5/h7,18-21,25-26,32,39H,8,10-13H2,1-6H3,(H,35,38)/t18-,19-,20-,21-,25-,26?,32+/m0/s1. The van der Waals surface area contributed by atoms with E-state index in [-0.39, 0.29) is 49.7 Å². The van der Waals surface area contributed by atoms with Gasteiger partial charge >= 0.3 is 5.97 Å². The minimum absolute atomic E-state index is 0.00274. The normalized spacial score (nSPS) is 29.1. The van der Waals surface area contributed by atoms with Gasteiger partial charge in [0, 0.05) is 54.1 Å². The first-order valence-corrected chi connectivity index (χ1v) is 16.6. The molecule has 250 valence electrons. The Hall–Kier alpha value is -3.90. The molecule has 5 heterocycles. The lowest BCUT2D eigenvalue weighted by Gasteiger charge is -2.61. The van der Waals surface area contributed by atoms with Gasteiger partial charge in [0.15, 0.2) is 29.8 Å². The fraction of sp³-hybridized carbons (Fsp3) is 0.545. The van der Waals surface area contributed by atoms with E-state index in [1.807, 2.05) is 14.0 Å². The number of phenolic OH excluding ortho intramolecular Hbond substituents is 1. The van der Waals surface area contributed by atoms with E-state index in [0.29, 0.717) is 46.1 Å². The average molecular weight is 667 g/mol. The van der Waals surface area contributed by atoms with E-state index in [4.69, 9.17) is 28.4 Å². The van der Waals surface area contributed by atoms with E-state index in [9.17, 15) is 20.0 Å². The van der Waals surface area contributed by atoms with Gasteiger partial charge in [0.2, 0.25) is 12.7 Å². The van der Waals surface area contributed by atoms with Gasteiger partial charge in [-0.25, -0.2) is 4.79 Å². The van der Waals surface area contributed by atoms with E-state index in [2.05, 4.69) is 27.3 Å². The lowest BCUT2D eigenvalue weighted by atomic mass is 9.71. The van der Waals surface area contributed by atoms with E-state index in [1.165, 1.54) is 18.7 Å². The largest absolute Gasteiger partial charge is 0.507 e. The lowest BCUT2D eigenvalue weighted by Crippen LogP contribution is -2.69. The molecule has 14 heteroatoms. The van der Waals surface area contributed by atoms with Crippen LogP contribution in [0.2, 0.25) is 0 Å². The number of phenols is 1. The van der Waals surface area contributed by atoms with Crippen LogP contribution in [0, 0.1) is 25.2 Å². The fourth-order valence-corrected chi connectivity index (χ4v) is 9.80. The summed E-state index contributed by atoms with van der Waals surface area (Å²) >= 11 is 1.43. The predicted molar refractivity (Wildman–Crippen MR) is 169 cm³/mol. The summed E-state index contributed by atoms with van der Waals surface area (Å²) in [5.41, 5.74) is 4.73. The summed E-state index contributed by atoms with van der Waals surface area (Å²) in [4.78, 5) is 29.9. The van der Waals surface area contributed by atoms with Crippen LogP contribution in [0.1, 0.15) is 57.6 Å². The van der Waals surface area contributed by atoms with Crippen LogP contribution < -0.4 is 24.3 Å². The van der Waals surface area contributed by atoms with Crippen molar-refractivity contribution < 1.29 is 43.1 Å². The summed E-state index contributed by atoms with van der Waals surface area (Å²) in [6.45, 7) is 4.97. The van der Waals surface area contributed by atoms with Gasteiger partial charge in [0.1, 0.15) is 24.4 Å². The molecule has 2 aromatic carbocycles. The van der Waals surface area contributed by atoms with Crippen LogP contribution >= 0.6 is 11.8 Å². The van der Waals surface area contributed by atoms with Crippen LogP contribution in [0.3, 0.4) is 0 Å². The highest BCUT2D eigenvalue weighted by Crippen LogP contribution is 2.63. The summed E-state index contributed by atoms with van der Waals surface area (Å²) in [7, 11) is 5.20. The number of nitrogens with zero attached hydrogens (tertiary/aromatic N) is 3. The Bertz CT molecular complexity index is 1700. The van der Waals surface area contributed by atoms with Crippen molar-refractivity contribution in [3.8, 4) is 34.8 Å². The van der Waals surface area contributed by atoms with Gasteiger partial charge in [0.05, 0.1) is 30.5 Å². The summed E-state index contributed by atoms with van der Waals surface area (Å²) in [5, 5.41) is 25.1. The number of benzene rings is 2. The van der Waals surface area contributed by atoms with Crippen LogP contribution in [0.4, 0.5) is 0 Å². The summed E-state index contributed by atoms with van der Waals surface area (Å²) < 4.78 is 35.4. The molecule has 0 aliphatic carbocycles. The second kappa shape index (κ2) is 12.0. The molecule has 7 atom stereocenters. The van der Waals surface area contributed by atoms with Crippen LogP contribution in [0.5, 0.6) is 28.7 Å². The Kier molecular flexibility index (Phi) is 8.07. The molecule has 7 rings (SSSR count). The number of carbonyl (C=O) groups excluding carboxylic acids is 2. The van der Waals surface area contributed by atoms with Crippen molar-refractivity contribution in [2.75, 3.05) is 47.2 Å². The summed E-state index contributed by atoms with van der Waals surface area (Å²) in [6, 6.07) is 1.53. The van der Waals surface area contributed by atoms with Crippen molar-refractivity contribution in [2.45, 2.75) is 68.7 Å². The molecule has 0 radical (unpaired) electrons. The van der Waals surface area contributed by atoms with Crippen LogP contribution in [-0.4, -0.2) is 98.2 Å². The maximum absolute atomic E-state index is 13.4. The number of amides is 1. The van der Waals surface area contributed by atoms with E-state index >= 15 is 0 Å². The highest BCUT2D eigenvalue weighted by molar-refractivity contribution is 7.99. The Morgan fingerprint density at radius 1 is 1.17 bits per heavy atom. The van der Waals surface area contributed by atoms with E-state index in [0.717, 1.165) is 16.7 Å². The third kappa shape index (κ3) is 4.69. The maximum Gasteiger partial charge on any atom is 0.329 e. The summed E-state index contributed by atoms with van der Waals surface area (Å²) in [5.74, 6) is 1.42. The fourth-order valence-electron chi connectivity index (χ4n) is 8.29. The zero-order valence-corrected chi connectivity index (χ0v) is 27.9. The molecule has 1 unspecified atom stereocenters. The smallest absolute Gasteiger partial charge is 0.329 e. The van der Waals surface area contributed by atoms with E-state index in [1.54, 1.807) is 21.1 Å². The first-order chi connectivity index (χ1) is 22.6. The third-order valence-corrected chi connectivity index (χ3v) is 11.5. The number of hydrogen-bond donors (Lipinski definition) is 2. The Morgan fingerprint density at radius 3 is 2.64 bits per heavy atom. The van der Waals surface area contributed by atoms with Crippen LogP contribution in [0.25, 0.3) is 0 Å². The molecule has 5 aliphatic rings. The number of cyclic esters (lactones) is 1. The molecule has 47 heavy (non-hydrogen) atoms. The minimum atomic E-state index is -0.909. The number of piperazine rings is 1. The van der Waals surface area contributed by atoms with Gasteiger partial charge < -0.3 is 38.8 Å². The molecule has 2 saturated heterocycles.